The minimum absolute atomic E-state index is 0.846. The minimum atomic E-state index is 0.846. The van der Waals surface area contributed by atoms with Crippen molar-refractivity contribution in [3.05, 3.63) is 35.5 Å². The average Bonchev–Trinajstić information content (AvgIpc) is 2.86. The molecule has 1 heteroatoms. The molecule has 0 radical (unpaired) electrons. The maximum atomic E-state index is 3.38. The van der Waals surface area contributed by atoms with Crippen molar-refractivity contribution in [2.45, 2.75) is 25.7 Å². The molecule has 0 atom stereocenters. The molecule has 0 saturated heterocycles. The summed E-state index contributed by atoms with van der Waals surface area (Å²) in [5, 5.41) is 1.43. The number of H-pyrrole nitrogens is 1. The highest BCUT2D eigenvalue weighted by molar-refractivity contribution is 5.84. The third kappa shape index (κ3) is 1.07. The number of hydrogen-bond acceptors (Lipinski definition) is 0. The van der Waals surface area contributed by atoms with E-state index in [1.54, 1.807) is 5.56 Å². The second-order valence-corrected chi connectivity index (χ2v) is 4.04. The van der Waals surface area contributed by atoms with E-state index in [1.165, 1.54) is 29.4 Å². The van der Waals surface area contributed by atoms with E-state index in [1.807, 2.05) is 0 Å². The van der Waals surface area contributed by atoms with Crippen LogP contribution in [0.5, 0.6) is 0 Å². The van der Waals surface area contributed by atoms with Gasteiger partial charge in [0, 0.05) is 16.6 Å². The van der Waals surface area contributed by atoms with Crippen molar-refractivity contribution < 1.29 is 0 Å². The molecule has 66 valence electrons. The first-order chi connectivity index (χ1) is 6.34. The standard InChI is InChI=1S/C12H13N/c1-8-7-11-10(9-5-6-9)3-2-4-12(11)13-8/h2-4,7,9,13H,5-6H2,1H3. The summed E-state index contributed by atoms with van der Waals surface area (Å²) in [5.41, 5.74) is 4.10. The van der Waals surface area contributed by atoms with Crippen molar-refractivity contribution in [2.24, 2.45) is 0 Å². The summed E-state index contributed by atoms with van der Waals surface area (Å²) < 4.78 is 0. The van der Waals surface area contributed by atoms with Gasteiger partial charge in [-0.05, 0) is 43.4 Å². The molecule has 13 heavy (non-hydrogen) atoms. The summed E-state index contributed by atoms with van der Waals surface area (Å²) in [5.74, 6) is 0.846. The quantitative estimate of drug-likeness (QED) is 0.677. The fourth-order valence-electron chi connectivity index (χ4n) is 2.07. The predicted molar refractivity (Wildman–Crippen MR) is 55.0 cm³/mol. The van der Waals surface area contributed by atoms with Crippen molar-refractivity contribution >= 4 is 10.9 Å². The lowest BCUT2D eigenvalue weighted by Gasteiger charge is -1.98. The van der Waals surface area contributed by atoms with Gasteiger partial charge in [0.2, 0.25) is 0 Å². The molecular formula is C12H13N. The summed E-state index contributed by atoms with van der Waals surface area (Å²) in [6.45, 7) is 2.12. The molecule has 0 spiro atoms. The van der Waals surface area contributed by atoms with Crippen LogP contribution in [0.25, 0.3) is 10.9 Å². The van der Waals surface area contributed by atoms with Crippen LogP contribution >= 0.6 is 0 Å². The molecule has 0 amide bonds. The minimum Gasteiger partial charge on any atom is -0.359 e. The summed E-state index contributed by atoms with van der Waals surface area (Å²) in [4.78, 5) is 3.38. The Hall–Kier alpha value is -1.24. The van der Waals surface area contributed by atoms with Gasteiger partial charge in [-0.15, -0.1) is 0 Å². The molecule has 1 fully saturated rings. The van der Waals surface area contributed by atoms with Crippen LogP contribution in [0.3, 0.4) is 0 Å². The summed E-state index contributed by atoms with van der Waals surface area (Å²) in [6, 6.07) is 8.86. The van der Waals surface area contributed by atoms with E-state index in [2.05, 4.69) is 36.2 Å². The Morgan fingerprint density at radius 1 is 1.31 bits per heavy atom. The van der Waals surface area contributed by atoms with Gasteiger partial charge in [-0.2, -0.15) is 0 Å². The Morgan fingerprint density at radius 3 is 2.92 bits per heavy atom. The maximum absolute atomic E-state index is 3.38. The molecule has 1 heterocycles. The molecule has 0 unspecified atom stereocenters. The summed E-state index contributed by atoms with van der Waals surface area (Å²) in [7, 11) is 0. The average molecular weight is 171 g/mol. The van der Waals surface area contributed by atoms with E-state index in [0.29, 0.717) is 0 Å². The van der Waals surface area contributed by atoms with Gasteiger partial charge in [-0.3, -0.25) is 0 Å². The molecule has 1 nitrogen and oxygen atoms in total. The van der Waals surface area contributed by atoms with E-state index in [9.17, 15) is 0 Å². The first kappa shape index (κ1) is 7.19. The number of rotatable bonds is 1. The Balaban J connectivity index is 2.31. The summed E-state index contributed by atoms with van der Waals surface area (Å²) >= 11 is 0. The number of aromatic amines is 1. The monoisotopic (exact) mass is 171 g/mol. The van der Waals surface area contributed by atoms with Gasteiger partial charge in [-0.25, -0.2) is 0 Å². The number of aromatic nitrogens is 1. The van der Waals surface area contributed by atoms with Gasteiger partial charge in [0.15, 0.2) is 0 Å². The second kappa shape index (κ2) is 2.38. The molecule has 1 aromatic heterocycles. The number of benzene rings is 1. The van der Waals surface area contributed by atoms with Crippen LogP contribution in [0, 0.1) is 6.92 Å². The van der Waals surface area contributed by atoms with Crippen LogP contribution < -0.4 is 0 Å². The van der Waals surface area contributed by atoms with Crippen molar-refractivity contribution in [2.75, 3.05) is 0 Å². The van der Waals surface area contributed by atoms with Gasteiger partial charge >= 0.3 is 0 Å². The van der Waals surface area contributed by atoms with E-state index in [0.717, 1.165) is 5.92 Å². The normalized spacial score (nSPS) is 16.7. The Kier molecular flexibility index (Phi) is 1.32. The lowest BCUT2D eigenvalue weighted by Crippen LogP contribution is -1.78. The zero-order valence-corrected chi connectivity index (χ0v) is 7.80. The molecular weight excluding hydrogens is 158 g/mol. The molecule has 1 saturated carbocycles. The first-order valence-corrected chi connectivity index (χ1v) is 4.93. The molecule has 1 aliphatic carbocycles. The van der Waals surface area contributed by atoms with Gasteiger partial charge in [0.05, 0.1) is 0 Å². The van der Waals surface area contributed by atoms with E-state index in [4.69, 9.17) is 0 Å². The molecule has 1 aromatic carbocycles. The fraction of sp³-hybridized carbons (Fsp3) is 0.333. The van der Waals surface area contributed by atoms with Crippen molar-refractivity contribution in [3.63, 3.8) is 0 Å². The Labute approximate surface area is 77.8 Å². The first-order valence-electron chi connectivity index (χ1n) is 4.93. The molecule has 0 bridgehead atoms. The smallest absolute Gasteiger partial charge is 0.0458 e. The van der Waals surface area contributed by atoms with Gasteiger partial charge in [0.25, 0.3) is 0 Å². The van der Waals surface area contributed by atoms with E-state index >= 15 is 0 Å². The number of nitrogens with one attached hydrogen (secondary N) is 1. The molecule has 3 rings (SSSR count). The lowest BCUT2D eigenvalue weighted by molar-refractivity contribution is 1.15. The number of fused-ring (bicyclic) bond motifs is 1. The van der Waals surface area contributed by atoms with Gasteiger partial charge < -0.3 is 4.98 Å². The predicted octanol–water partition coefficient (Wildman–Crippen LogP) is 3.35. The topological polar surface area (TPSA) is 15.8 Å². The van der Waals surface area contributed by atoms with Crippen LogP contribution in [0.15, 0.2) is 24.3 Å². The van der Waals surface area contributed by atoms with Crippen LogP contribution in [0.4, 0.5) is 0 Å². The van der Waals surface area contributed by atoms with Crippen LogP contribution in [-0.2, 0) is 0 Å². The highest BCUT2D eigenvalue weighted by Crippen LogP contribution is 2.43. The largest absolute Gasteiger partial charge is 0.359 e. The highest BCUT2D eigenvalue weighted by Gasteiger charge is 2.25. The van der Waals surface area contributed by atoms with E-state index < -0.39 is 0 Å². The zero-order chi connectivity index (χ0) is 8.84. The van der Waals surface area contributed by atoms with Crippen LogP contribution in [-0.4, -0.2) is 4.98 Å². The van der Waals surface area contributed by atoms with Crippen LogP contribution in [0.2, 0.25) is 0 Å². The SMILES string of the molecule is Cc1cc2c(C3CC3)cccc2[nH]1. The molecule has 1 aliphatic rings. The Morgan fingerprint density at radius 2 is 2.15 bits per heavy atom. The van der Waals surface area contributed by atoms with Crippen LogP contribution in [0.1, 0.15) is 30.0 Å². The summed E-state index contributed by atoms with van der Waals surface area (Å²) in [6.07, 6.45) is 2.76. The van der Waals surface area contributed by atoms with E-state index in [-0.39, 0.29) is 0 Å². The van der Waals surface area contributed by atoms with Gasteiger partial charge in [-0.1, -0.05) is 12.1 Å². The lowest BCUT2D eigenvalue weighted by atomic mass is 10.1. The van der Waals surface area contributed by atoms with Crippen molar-refractivity contribution in [3.8, 4) is 0 Å². The van der Waals surface area contributed by atoms with Gasteiger partial charge in [0.1, 0.15) is 0 Å². The van der Waals surface area contributed by atoms with Crippen molar-refractivity contribution in [1.82, 2.24) is 4.98 Å². The molecule has 1 N–H and O–H groups in total. The molecule has 2 aromatic rings. The maximum Gasteiger partial charge on any atom is 0.0458 e. The van der Waals surface area contributed by atoms with Crippen molar-refractivity contribution in [1.29, 1.82) is 0 Å². The zero-order valence-electron chi connectivity index (χ0n) is 7.80. The fourth-order valence-corrected chi connectivity index (χ4v) is 2.07. The third-order valence-electron chi connectivity index (χ3n) is 2.85. The highest BCUT2D eigenvalue weighted by atomic mass is 14.7. The Bertz CT molecular complexity index is 449. The number of aryl methyl sites for hydroxylation is 1. The number of hydrogen-bond donors (Lipinski definition) is 1. The third-order valence-corrected chi connectivity index (χ3v) is 2.85. The second-order valence-electron chi connectivity index (χ2n) is 4.04. The molecule has 0 aliphatic heterocycles.